The molecule has 0 radical (unpaired) electrons. The van der Waals surface area contributed by atoms with Crippen LogP contribution in [0.5, 0.6) is 0 Å². The van der Waals surface area contributed by atoms with Gasteiger partial charge in [0.2, 0.25) is 5.91 Å². The molecule has 2 aromatic rings. The van der Waals surface area contributed by atoms with E-state index in [1.54, 1.807) is 11.9 Å². The summed E-state index contributed by atoms with van der Waals surface area (Å²) in [6.07, 6.45) is 0. The zero-order valence-corrected chi connectivity index (χ0v) is 19.3. The molecule has 0 unspecified atom stereocenters. The number of urea groups is 1. The summed E-state index contributed by atoms with van der Waals surface area (Å²) in [6, 6.07) is 15.7. The van der Waals surface area contributed by atoms with Gasteiger partial charge in [0.1, 0.15) is 0 Å². The van der Waals surface area contributed by atoms with Crippen LogP contribution < -0.4 is 10.2 Å². The lowest BCUT2D eigenvalue weighted by molar-refractivity contribution is -0.119. The molecular formula is C25H34N4O2. The van der Waals surface area contributed by atoms with Crippen molar-refractivity contribution in [3.8, 4) is 0 Å². The van der Waals surface area contributed by atoms with Crippen molar-refractivity contribution in [1.82, 2.24) is 9.80 Å². The van der Waals surface area contributed by atoms with Crippen molar-refractivity contribution in [2.45, 2.75) is 33.1 Å². The van der Waals surface area contributed by atoms with Crippen LogP contribution >= 0.6 is 0 Å². The molecule has 1 N–H and O–H groups in total. The number of aryl methyl sites for hydroxylation is 1. The lowest BCUT2D eigenvalue weighted by Gasteiger charge is -2.35. The SMILES string of the molecule is Cc1cccc(C(C)(C)C)c1NC(=O)N1CCN(CC(=O)N(C)c2ccccc2)CC1. The van der Waals surface area contributed by atoms with E-state index in [1.807, 2.05) is 54.3 Å². The number of rotatable bonds is 4. The van der Waals surface area contributed by atoms with E-state index in [2.05, 4.69) is 37.1 Å². The van der Waals surface area contributed by atoms with Crippen LogP contribution in [0, 0.1) is 6.92 Å². The third-order valence-corrected chi connectivity index (χ3v) is 5.85. The minimum atomic E-state index is -0.0767. The second-order valence-electron chi connectivity index (χ2n) is 9.23. The number of anilines is 2. The summed E-state index contributed by atoms with van der Waals surface area (Å²) in [5, 5.41) is 3.14. The van der Waals surface area contributed by atoms with E-state index in [0.717, 1.165) is 22.5 Å². The van der Waals surface area contributed by atoms with Gasteiger partial charge < -0.3 is 15.1 Å². The van der Waals surface area contributed by atoms with Gasteiger partial charge in [-0.1, -0.05) is 57.2 Å². The number of amides is 3. The van der Waals surface area contributed by atoms with Crippen LogP contribution in [0.1, 0.15) is 31.9 Å². The largest absolute Gasteiger partial charge is 0.322 e. The zero-order valence-electron chi connectivity index (χ0n) is 19.3. The number of hydrogen-bond donors (Lipinski definition) is 1. The van der Waals surface area contributed by atoms with E-state index in [1.165, 1.54) is 0 Å². The monoisotopic (exact) mass is 422 g/mol. The molecule has 1 aliphatic rings. The average molecular weight is 423 g/mol. The summed E-state index contributed by atoms with van der Waals surface area (Å²) in [4.78, 5) is 31.2. The summed E-state index contributed by atoms with van der Waals surface area (Å²) >= 11 is 0. The Balaban J connectivity index is 1.56. The van der Waals surface area contributed by atoms with Crippen LogP contribution in [0.25, 0.3) is 0 Å². The van der Waals surface area contributed by atoms with Crippen LogP contribution in [-0.2, 0) is 10.2 Å². The smallest absolute Gasteiger partial charge is 0.321 e. The van der Waals surface area contributed by atoms with Crippen LogP contribution in [0.2, 0.25) is 0 Å². The Morgan fingerprint density at radius 2 is 1.61 bits per heavy atom. The molecule has 0 spiro atoms. The Morgan fingerprint density at radius 3 is 2.23 bits per heavy atom. The quantitative estimate of drug-likeness (QED) is 0.807. The van der Waals surface area contributed by atoms with Gasteiger partial charge in [0.25, 0.3) is 0 Å². The number of carbonyl (C=O) groups excluding carboxylic acids is 2. The topological polar surface area (TPSA) is 55.9 Å². The Bertz CT molecular complexity index is 913. The molecule has 6 heteroatoms. The number of benzene rings is 2. The van der Waals surface area contributed by atoms with Gasteiger partial charge in [-0.2, -0.15) is 0 Å². The first kappa shape index (κ1) is 22.8. The van der Waals surface area contributed by atoms with Crippen molar-refractivity contribution >= 4 is 23.3 Å². The zero-order chi connectivity index (χ0) is 22.6. The number of nitrogens with one attached hydrogen (secondary N) is 1. The van der Waals surface area contributed by atoms with Crippen molar-refractivity contribution in [3.63, 3.8) is 0 Å². The molecule has 3 rings (SSSR count). The molecule has 1 aliphatic heterocycles. The highest BCUT2D eigenvalue weighted by Gasteiger charge is 2.26. The summed E-state index contributed by atoms with van der Waals surface area (Å²) in [5.41, 5.74) is 3.93. The summed E-state index contributed by atoms with van der Waals surface area (Å²) < 4.78 is 0. The number of carbonyl (C=O) groups is 2. The predicted molar refractivity (Wildman–Crippen MR) is 127 cm³/mol. The van der Waals surface area contributed by atoms with Crippen LogP contribution in [0.15, 0.2) is 48.5 Å². The third kappa shape index (κ3) is 5.64. The normalized spacial score (nSPS) is 14.9. The number of piperazine rings is 1. The average Bonchev–Trinajstić information content (AvgIpc) is 2.74. The highest BCUT2D eigenvalue weighted by atomic mass is 16.2. The summed E-state index contributed by atoms with van der Waals surface area (Å²) in [7, 11) is 1.80. The molecule has 0 saturated carbocycles. The van der Waals surface area contributed by atoms with Crippen molar-refractivity contribution in [3.05, 3.63) is 59.7 Å². The highest BCUT2D eigenvalue weighted by Crippen LogP contribution is 2.32. The van der Waals surface area contributed by atoms with E-state index in [0.29, 0.717) is 32.7 Å². The fourth-order valence-corrected chi connectivity index (χ4v) is 3.85. The highest BCUT2D eigenvalue weighted by molar-refractivity contribution is 5.94. The van der Waals surface area contributed by atoms with Gasteiger partial charge in [0.15, 0.2) is 0 Å². The van der Waals surface area contributed by atoms with Gasteiger partial charge in [-0.15, -0.1) is 0 Å². The van der Waals surface area contributed by atoms with Gasteiger partial charge >= 0.3 is 6.03 Å². The predicted octanol–water partition coefficient (Wildman–Crippen LogP) is 4.11. The Morgan fingerprint density at radius 1 is 0.968 bits per heavy atom. The van der Waals surface area contributed by atoms with E-state index >= 15 is 0 Å². The minimum Gasteiger partial charge on any atom is -0.322 e. The summed E-state index contributed by atoms with van der Waals surface area (Å²) in [6.45, 7) is 11.4. The molecule has 3 amide bonds. The first-order chi connectivity index (χ1) is 14.7. The molecule has 1 heterocycles. The fraction of sp³-hybridized carbons (Fsp3) is 0.440. The van der Waals surface area contributed by atoms with E-state index in [-0.39, 0.29) is 17.4 Å². The first-order valence-corrected chi connectivity index (χ1v) is 10.9. The maximum Gasteiger partial charge on any atom is 0.321 e. The second-order valence-corrected chi connectivity index (χ2v) is 9.23. The van der Waals surface area contributed by atoms with Gasteiger partial charge in [-0.3, -0.25) is 9.69 Å². The van der Waals surface area contributed by atoms with Crippen molar-refractivity contribution < 1.29 is 9.59 Å². The Labute approximate surface area is 185 Å². The maximum absolute atomic E-state index is 12.9. The van der Waals surface area contributed by atoms with E-state index in [9.17, 15) is 9.59 Å². The van der Waals surface area contributed by atoms with Gasteiger partial charge in [0.05, 0.1) is 6.54 Å². The molecule has 166 valence electrons. The number of nitrogens with zero attached hydrogens (tertiary/aromatic N) is 3. The standard InChI is InChI=1S/C25H34N4O2/c1-19-10-9-13-21(25(2,3)4)23(19)26-24(31)29-16-14-28(15-17-29)18-22(30)27(5)20-11-7-6-8-12-20/h6-13H,14-18H2,1-5H3,(H,26,31). The number of hydrogen-bond acceptors (Lipinski definition) is 3. The molecule has 0 bridgehead atoms. The van der Waals surface area contributed by atoms with Crippen LogP contribution in [0.3, 0.4) is 0 Å². The lowest BCUT2D eigenvalue weighted by Crippen LogP contribution is -2.52. The lowest BCUT2D eigenvalue weighted by atomic mass is 9.84. The van der Waals surface area contributed by atoms with Gasteiger partial charge in [0, 0.05) is 44.6 Å². The van der Waals surface area contributed by atoms with Crippen molar-refractivity contribution in [2.24, 2.45) is 0 Å². The minimum absolute atomic E-state index is 0.0545. The molecule has 0 aromatic heterocycles. The van der Waals surface area contributed by atoms with Crippen LogP contribution in [0.4, 0.5) is 16.2 Å². The number of likely N-dealkylation sites (N-methyl/N-ethyl adjacent to an activating group) is 1. The fourth-order valence-electron chi connectivity index (χ4n) is 3.85. The van der Waals surface area contributed by atoms with E-state index < -0.39 is 0 Å². The summed E-state index contributed by atoms with van der Waals surface area (Å²) in [5.74, 6) is 0.0545. The first-order valence-electron chi connectivity index (χ1n) is 10.9. The molecule has 2 aromatic carbocycles. The number of para-hydroxylation sites is 2. The van der Waals surface area contributed by atoms with Crippen molar-refractivity contribution in [1.29, 1.82) is 0 Å². The van der Waals surface area contributed by atoms with Gasteiger partial charge in [-0.05, 0) is 35.6 Å². The van der Waals surface area contributed by atoms with Crippen molar-refractivity contribution in [2.75, 3.05) is 50.0 Å². The Kier molecular flexibility index (Phi) is 7.01. The molecule has 1 fully saturated rings. The molecular weight excluding hydrogens is 388 g/mol. The van der Waals surface area contributed by atoms with E-state index in [4.69, 9.17) is 0 Å². The Hall–Kier alpha value is -2.86. The molecule has 0 atom stereocenters. The van der Waals surface area contributed by atoms with Gasteiger partial charge in [-0.25, -0.2) is 4.79 Å². The molecule has 0 aliphatic carbocycles. The third-order valence-electron chi connectivity index (χ3n) is 5.85. The molecule has 6 nitrogen and oxygen atoms in total. The second kappa shape index (κ2) is 9.52. The molecule has 31 heavy (non-hydrogen) atoms. The maximum atomic E-state index is 12.9. The molecule has 1 saturated heterocycles. The van der Waals surface area contributed by atoms with Crippen LogP contribution in [-0.4, -0.2) is 61.5 Å².